The van der Waals surface area contributed by atoms with Crippen molar-refractivity contribution in [3.05, 3.63) is 63.9 Å². The predicted molar refractivity (Wildman–Crippen MR) is 76.5 cm³/mol. The molecule has 0 saturated carbocycles. The van der Waals surface area contributed by atoms with Crippen molar-refractivity contribution in [2.45, 2.75) is 6.92 Å². The lowest BCUT2D eigenvalue weighted by atomic mass is 10.2. The number of hydrogen-bond donors (Lipinski definition) is 1. The third-order valence-electron chi connectivity index (χ3n) is 2.41. The van der Waals surface area contributed by atoms with Gasteiger partial charge in [-0.2, -0.15) is 5.10 Å². The molecular weight excluding hydrogens is 295 g/mol. The number of rotatable bonds is 3. The summed E-state index contributed by atoms with van der Waals surface area (Å²) in [7, 11) is 0. The maximum atomic E-state index is 13.4. The summed E-state index contributed by atoms with van der Waals surface area (Å²) in [4.78, 5) is 0. The van der Waals surface area contributed by atoms with Crippen molar-refractivity contribution in [2.24, 2.45) is 5.10 Å². The summed E-state index contributed by atoms with van der Waals surface area (Å²) in [6.45, 7) is 2.02. The van der Waals surface area contributed by atoms with Gasteiger partial charge in [0.15, 0.2) is 0 Å². The largest absolute Gasteiger partial charge is 0.279 e. The lowest BCUT2D eigenvalue weighted by Gasteiger charge is -2.01. The molecule has 0 aromatic heterocycles. The molecule has 0 unspecified atom stereocenters. The van der Waals surface area contributed by atoms with Crippen LogP contribution >= 0.6 is 15.9 Å². The van der Waals surface area contributed by atoms with E-state index in [0.29, 0.717) is 5.56 Å². The number of nitrogens with zero attached hydrogens (tertiary/aromatic N) is 1. The van der Waals surface area contributed by atoms with Gasteiger partial charge in [-0.15, -0.1) is 0 Å². The molecule has 0 saturated heterocycles. The monoisotopic (exact) mass is 306 g/mol. The Labute approximate surface area is 114 Å². The fourth-order valence-electron chi connectivity index (χ4n) is 1.42. The zero-order valence-corrected chi connectivity index (χ0v) is 11.4. The number of hydrogen-bond acceptors (Lipinski definition) is 2. The number of nitrogens with one attached hydrogen (secondary N) is 1. The molecule has 2 aromatic rings. The van der Waals surface area contributed by atoms with Gasteiger partial charge < -0.3 is 0 Å². The van der Waals surface area contributed by atoms with E-state index >= 15 is 0 Å². The molecule has 0 heterocycles. The highest BCUT2D eigenvalue weighted by molar-refractivity contribution is 9.10. The maximum absolute atomic E-state index is 13.4. The summed E-state index contributed by atoms with van der Waals surface area (Å²) in [5.41, 5.74) is 5.34. The highest BCUT2D eigenvalue weighted by atomic mass is 79.9. The summed E-state index contributed by atoms with van der Waals surface area (Å²) in [5, 5.41) is 4.01. The second-order valence-corrected chi connectivity index (χ2v) is 4.82. The maximum Gasteiger partial charge on any atom is 0.132 e. The Bertz CT molecular complexity index is 565. The predicted octanol–water partition coefficient (Wildman–Crippen LogP) is 4.34. The highest BCUT2D eigenvalue weighted by Gasteiger charge is 1.99. The van der Waals surface area contributed by atoms with E-state index in [9.17, 15) is 4.39 Å². The van der Waals surface area contributed by atoms with Crippen LogP contribution in [0.5, 0.6) is 0 Å². The molecule has 4 heteroatoms. The fraction of sp³-hybridized carbons (Fsp3) is 0.0714. The molecule has 0 aliphatic carbocycles. The third-order valence-corrected chi connectivity index (χ3v) is 2.90. The smallest absolute Gasteiger partial charge is 0.132 e. The van der Waals surface area contributed by atoms with Crippen molar-refractivity contribution in [3.8, 4) is 0 Å². The number of halogens is 2. The van der Waals surface area contributed by atoms with Gasteiger partial charge in [0.05, 0.1) is 11.9 Å². The summed E-state index contributed by atoms with van der Waals surface area (Å²) in [6, 6.07) is 12.5. The Kier molecular flexibility index (Phi) is 4.10. The van der Waals surface area contributed by atoms with Crippen molar-refractivity contribution in [1.29, 1.82) is 0 Å². The van der Waals surface area contributed by atoms with Crippen LogP contribution in [0.2, 0.25) is 0 Å². The van der Waals surface area contributed by atoms with Crippen molar-refractivity contribution < 1.29 is 4.39 Å². The first-order valence-corrected chi connectivity index (χ1v) is 6.25. The number of hydrazone groups is 1. The van der Waals surface area contributed by atoms with Crippen LogP contribution in [-0.2, 0) is 0 Å². The van der Waals surface area contributed by atoms with E-state index in [-0.39, 0.29) is 5.82 Å². The van der Waals surface area contributed by atoms with Crippen molar-refractivity contribution in [1.82, 2.24) is 0 Å². The molecule has 0 aliphatic rings. The van der Waals surface area contributed by atoms with Crippen molar-refractivity contribution in [2.75, 3.05) is 5.43 Å². The molecule has 2 rings (SSSR count). The van der Waals surface area contributed by atoms with E-state index in [1.807, 2.05) is 31.2 Å². The van der Waals surface area contributed by atoms with Crippen LogP contribution in [-0.4, -0.2) is 6.21 Å². The second-order valence-electron chi connectivity index (χ2n) is 3.90. The van der Waals surface area contributed by atoms with Crippen LogP contribution in [0.25, 0.3) is 0 Å². The van der Waals surface area contributed by atoms with Crippen LogP contribution in [0, 0.1) is 12.7 Å². The second kappa shape index (κ2) is 5.78. The highest BCUT2D eigenvalue weighted by Crippen LogP contribution is 2.14. The topological polar surface area (TPSA) is 24.4 Å². The number of benzene rings is 2. The van der Waals surface area contributed by atoms with Gasteiger partial charge in [-0.3, -0.25) is 5.43 Å². The quantitative estimate of drug-likeness (QED) is 0.662. The van der Waals surface area contributed by atoms with E-state index in [1.165, 1.54) is 17.8 Å². The molecule has 1 N–H and O–H groups in total. The lowest BCUT2D eigenvalue weighted by Crippen LogP contribution is -1.93. The molecule has 18 heavy (non-hydrogen) atoms. The zero-order valence-electron chi connectivity index (χ0n) is 9.82. The van der Waals surface area contributed by atoms with E-state index in [2.05, 4.69) is 26.5 Å². The minimum atomic E-state index is -0.298. The zero-order chi connectivity index (χ0) is 13.0. The van der Waals surface area contributed by atoms with Gasteiger partial charge >= 0.3 is 0 Å². The molecule has 0 fully saturated rings. The lowest BCUT2D eigenvalue weighted by molar-refractivity contribution is 0.625. The van der Waals surface area contributed by atoms with Gasteiger partial charge in [-0.1, -0.05) is 33.6 Å². The molecule has 0 atom stereocenters. The van der Waals surface area contributed by atoms with Crippen molar-refractivity contribution in [3.63, 3.8) is 0 Å². The molecular formula is C14H12BrFN2. The molecule has 0 amide bonds. The molecule has 2 nitrogen and oxygen atoms in total. The van der Waals surface area contributed by atoms with E-state index < -0.39 is 0 Å². The minimum absolute atomic E-state index is 0.298. The van der Waals surface area contributed by atoms with Gasteiger partial charge in [0.25, 0.3) is 0 Å². The first-order chi connectivity index (χ1) is 8.65. The summed E-state index contributed by atoms with van der Waals surface area (Å²) in [5.74, 6) is -0.298. The van der Waals surface area contributed by atoms with Gasteiger partial charge in [0.1, 0.15) is 5.82 Å². The molecule has 2 aromatic carbocycles. The van der Waals surface area contributed by atoms with Gasteiger partial charge in [0.2, 0.25) is 0 Å². The van der Waals surface area contributed by atoms with E-state index in [4.69, 9.17) is 0 Å². The van der Waals surface area contributed by atoms with Crippen LogP contribution in [0.3, 0.4) is 0 Å². The Morgan fingerprint density at radius 2 is 1.89 bits per heavy atom. The summed E-state index contributed by atoms with van der Waals surface area (Å²) < 4.78 is 14.2. The van der Waals surface area contributed by atoms with Gasteiger partial charge in [-0.25, -0.2) is 4.39 Å². The van der Waals surface area contributed by atoms with Crippen LogP contribution in [0.15, 0.2) is 52.0 Å². The summed E-state index contributed by atoms with van der Waals surface area (Å²) in [6.07, 6.45) is 1.46. The molecule has 0 spiro atoms. The molecule has 0 aliphatic heterocycles. The standard InChI is InChI=1S/C14H12BrFN2/c1-10-2-5-13(6-3-10)18-17-9-11-8-12(15)4-7-14(11)16/h2-9,18H,1H3/b17-9-. The Morgan fingerprint density at radius 1 is 1.17 bits per heavy atom. The van der Waals surface area contributed by atoms with Crippen LogP contribution in [0.1, 0.15) is 11.1 Å². The minimum Gasteiger partial charge on any atom is -0.279 e. The van der Waals surface area contributed by atoms with Gasteiger partial charge in [0, 0.05) is 10.0 Å². The van der Waals surface area contributed by atoms with E-state index in [0.717, 1.165) is 10.2 Å². The Morgan fingerprint density at radius 3 is 2.61 bits per heavy atom. The Balaban J connectivity index is 2.07. The normalized spacial score (nSPS) is 10.8. The van der Waals surface area contributed by atoms with Crippen LogP contribution < -0.4 is 5.43 Å². The molecule has 0 bridgehead atoms. The average Bonchev–Trinajstić information content (AvgIpc) is 2.36. The fourth-order valence-corrected chi connectivity index (χ4v) is 1.80. The number of aryl methyl sites for hydroxylation is 1. The first-order valence-electron chi connectivity index (χ1n) is 5.46. The van der Waals surface area contributed by atoms with Crippen molar-refractivity contribution >= 4 is 27.8 Å². The third kappa shape index (κ3) is 3.40. The van der Waals surface area contributed by atoms with Crippen LogP contribution in [0.4, 0.5) is 10.1 Å². The Hall–Kier alpha value is -1.68. The SMILES string of the molecule is Cc1ccc(N/N=C\c2cc(Br)ccc2F)cc1. The van der Waals surface area contributed by atoms with E-state index in [1.54, 1.807) is 12.1 Å². The first kappa shape index (κ1) is 12.8. The average molecular weight is 307 g/mol. The summed E-state index contributed by atoms with van der Waals surface area (Å²) >= 11 is 3.29. The van der Waals surface area contributed by atoms with Gasteiger partial charge in [-0.05, 0) is 37.3 Å². The molecule has 0 radical (unpaired) electrons. The number of anilines is 1. The molecule has 92 valence electrons.